The molecule has 174 valence electrons. The number of benzene rings is 1. The lowest BCUT2D eigenvalue weighted by molar-refractivity contribution is 0.437. The number of anilines is 2. The molecule has 0 spiro atoms. The van der Waals surface area contributed by atoms with Crippen LogP contribution < -0.4 is 20.7 Å². The van der Waals surface area contributed by atoms with Gasteiger partial charge in [-0.05, 0) is 44.6 Å². The first-order chi connectivity index (χ1) is 16.5. The zero-order valence-electron chi connectivity index (χ0n) is 19.0. The summed E-state index contributed by atoms with van der Waals surface area (Å²) in [6.45, 7) is 1.82. The Hall–Kier alpha value is -3.53. The van der Waals surface area contributed by atoms with Crippen LogP contribution in [0.3, 0.4) is 0 Å². The van der Waals surface area contributed by atoms with Crippen molar-refractivity contribution in [3.63, 3.8) is 0 Å². The van der Waals surface area contributed by atoms with Crippen LogP contribution in [0.1, 0.15) is 30.7 Å². The molecule has 0 bridgehead atoms. The van der Waals surface area contributed by atoms with Crippen LogP contribution in [0.2, 0.25) is 0 Å². The molecular weight excluding hydrogens is 435 g/mol. The number of rotatable bonds is 3. The molecule has 1 saturated carbocycles. The Morgan fingerprint density at radius 3 is 2.82 bits per heavy atom. The highest BCUT2D eigenvalue weighted by atomic mass is 19.1. The highest BCUT2D eigenvalue weighted by Gasteiger charge is 2.49. The minimum atomic E-state index is -0.205. The molecule has 7 rings (SSSR count). The maximum Gasteiger partial charge on any atom is 0.326 e. The Bertz CT molecular complexity index is 1450. The molecule has 9 nitrogen and oxygen atoms in total. The van der Waals surface area contributed by atoms with Gasteiger partial charge in [-0.25, -0.2) is 14.4 Å². The standard InChI is InChI=1S/C24H25FN8O/c1-10-28-8-12(9-29-10)34-24-31-22-20-19-13(15(25)7-17(27-2)21(19)30-22)5-11-6-14-16(26)3-4-18(14)33(11)23(20)32-24/h7-9,11,14,16,18,27H,3-6,26H2,1-2H3,(H,30,31,32)/t11-,14+,16+,18-/m0/s1. The number of aryl methyl sites for hydroxylation is 1. The molecule has 1 saturated heterocycles. The number of ether oxygens (including phenoxy) is 1. The van der Waals surface area contributed by atoms with E-state index in [1.165, 1.54) is 0 Å². The van der Waals surface area contributed by atoms with Crippen molar-refractivity contribution in [2.45, 2.75) is 50.7 Å². The zero-order valence-corrected chi connectivity index (χ0v) is 19.0. The van der Waals surface area contributed by atoms with Crippen LogP contribution in [0.25, 0.3) is 21.9 Å². The second-order valence-corrected chi connectivity index (χ2v) is 9.60. The van der Waals surface area contributed by atoms with Gasteiger partial charge in [0, 0.05) is 36.1 Å². The summed E-state index contributed by atoms with van der Waals surface area (Å²) in [5, 5.41) is 4.82. The largest absolute Gasteiger partial charge is 0.421 e. The van der Waals surface area contributed by atoms with Gasteiger partial charge in [0.05, 0.1) is 29.0 Å². The Balaban J connectivity index is 1.49. The predicted octanol–water partition coefficient (Wildman–Crippen LogP) is 3.42. The maximum absolute atomic E-state index is 15.4. The van der Waals surface area contributed by atoms with Crippen molar-refractivity contribution in [3.05, 3.63) is 35.7 Å². The number of hydrogen-bond donors (Lipinski definition) is 3. The number of H-pyrrole nitrogens is 1. The normalized spacial score (nSPS) is 25.1. The topological polar surface area (TPSA) is 118 Å². The molecule has 0 unspecified atom stereocenters. The van der Waals surface area contributed by atoms with Gasteiger partial charge >= 0.3 is 6.01 Å². The van der Waals surface area contributed by atoms with Crippen LogP contribution in [0.5, 0.6) is 11.8 Å². The van der Waals surface area contributed by atoms with Crippen molar-refractivity contribution in [3.8, 4) is 11.8 Å². The first-order valence-electron chi connectivity index (χ1n) is 11.7. The van der Waals surface area contributed by atoms with Gasteiger partial charge in [0.25, 0.3) is 0 Å². The summed E-state index contributed by atoms with van der Waals surface area (Å²) in [4.78, 5) is 23.8. The summed E-state index contributed by atoms with van der Waals surface area (Å²) < 4.78 is 21.4. The van der Waals surface area contributed by atoms with E-state index in [-0.39, 0.29) is 30.0 Å². The minimum absolute atomic E-state index is 0.126. The first kappa shape index (κ1) is 19.9. The summed E-state index contributed by atoms with van der Waals surface area (Å²) in [6, 6.07) is 2.34. The van der Waals surface area contributed by atoms with Crippen LogP contribution in [-0.4, -0.2) is 50.1 Å². The van der Waals surface area contributed by atoms with Gasteiger partial charge in [0.2, 0.25) is 0 Å². The predicted molar refractivity (Wildman–Crippen MR) is 127 cm³/mol. The van der Waals surface area contributed by atoms with E-state index in [0.29, 0.717) is 40.8 Å². The molecular formula is C24H25FN8O. The van der Waals surface area contributed by atoms with Crippen molar-refractivity contribution >= 4 is 33.4 Å². The average molecular weight is 461 g/mol. The number of halogens is 1. The zero-order chi connectivity index (χ0) is 23.1. The van der Waals surface area contributed by atoms with Gasteiger partial charge in [-0.2, -0.15) is 9.97 Å². The molecule has 3 aliphatic rings. The molecule has 2 aliphatic heterocycles. The van der Waals surface area contributed by atoms with E-state index in [1.54, 1.807) is 25.5 Å². The van der Waals surface area contributed by atoms with Crippen molar-refractivity contribution in [1.82, 2.24) is 24.9 Å². The van der Waals surface area contributed by atoms with Gasteiger partial charge in [0.1, 0.15) is 23.1 Å². The molecule has 4 N–H and O–H groups in total. The average Bonchev–Trinajstić information content (AvgIpc) is 3.46. The van der Waals surface area contributed by atoms with E-state index in [2.05, 4.69) is 30.2 Å². The Kier molecular flexibility index (Phi) is 4.09. The first-order valence-corrected chi connectivity index (χ1v) is 11.7. The van der Waals surface area contributed by atoms with Crippen molar-refractivity contribution in [1.29, 1.82) is 0 Å². The lowest BCUT2D eigenvalue weighted by atomic mass is 9.94. The monoisotopic (exact) mass is 460 g/mol. The smallest absolute Gasteiger partial charge is 0.326 e. The number of fused-ring (bicyclic) bond motifs is 4. The second kappa shape index (κ2) is 6.99. The maximum atomic E-state index is 15.4. The van der Waals surface area contributed by atoms with Gasteiger partial charge in [0.15, 0.2) is 5.75 Å². The Morgan fingerprint density at radius 2 is 2.03 bits per heavy atom. The number of aromatic nitrogens is 5. The van der Waals surface area contributed by atoms with E-state index in [9.17, 15) is 0 Å². The summed E-state index contributed by atoms with van der Waals surface area (Å²) in [6.07, 6.45) is 6.75. The summed E-state index contributed by atoms with van der Waals surface area (Å²) in [5.74, 6) is 2.08. The molecule has 2 fully saturated rings. The molecule has 5 heterocycles. The quantitative estimate of drug-likeness (QED) is 0.426. The molecule has 4 atom stereocenters. The molecule has 0 amide bonds. The fraction of sp³-hybridized carbons (Fsp3) is 0.417. The van der Waals surface area contributed by atoms with Gasteiger partial charge in [-0.3, -0.25) is 0 Å². The number of nitrogens with one attached hydrogen (secondary N) is 2. The van der Waals surface area contributed by atoms with Crippen LogP contribution in [-0.2, 0) is 6.42 Å². The van der Waals surface area contributed by atoms with E-state index >= 15 is 4.39 Å². The van der Waals surface area contributed by atoms with Crippen LogP contribution in [0, 0.1) is 18.7 Å². The van der Waals surface area contributed by atoms with Crippen LogP contribution in [0.15, 0.2) is 18.5 Å². The summed E-state index contributed by atoms with van der Waals surface area (Å²) in [5.41, 5.74) is 9.35. The van der Waals surface area contributed by atoms with E-state index in [1.807, 2.05) is 6.92 Å². The fourth-order valence-electron chi connectivity index (χ4n) is 6.33. The molecule has 4 aromatic rings. The van der Waals surface area contributed by atoms with E-state index in [4.69, 9.17) is 15.5 Å². The molecule has 10 heteroatoms. The fourth-order valence-corrected chi connectivity index (χ4v) is 6.33. The summed E-state index contributed by atoms with van der Waals surface area (Å²) in [7, 11) is 1.79. The van der Waals surface area contributed by atoms with Crippen molar-refractivity contribution in [2.75, 3.05) is 17.3 Å². The lowest BCUT2D eigenvalue weighted by Gasteiger charge is -2.30. The van der Waals surface area contributed by atoms with Gasteiger partial charge < -0.3 is 25.7 Å². The second-order valence-electron chi connectivity index (χ2n) is 9.60. The minimum Gasteiger partial charge on any atom is -0.421 e. The Morgan fingerprint density at radius 1 is 1.21 bits per heavy atom. The SMILES string of the molecule is CNc1cc(F)c2c3c1[nH]c1nc(Oc4cnc(C)nc4)nc(c13)N1[C@@H](C2)C[C@@H]2[C@H](N)CC[C@@H]21. The number of hydrogen-bond acceptors (Lipinski definition) is 8. The number of nitrogens with two attached hydrogens (primary N) is 1. The highest BCUT2D eigenvalue weighted by molar-refractivity contribution is 6.16. The molecule has 1 aromatic carbocycles. The summed E-state index contributed by atoms with van der Waals surface area (Å²) >= 11 is 0. The number of nitrogens with zero attached hydrogens (tertiary/aromatic N) is 5. The van der Waals surface area contributed by atoms with Crippen molar-refractivity contribution < 1.29 is 9.13 Å². The van der Waals surface area contributed by atoms with Crippen molar-refractivity contribution in [2.24, 2.45) is 11.7 Å². The van der Waals surface area contributed by atoms with Crippen LogP contribution >= 0.6 is 0 Å². The third-order valence-electron chi connectivity index (χ3n) is 7.80. The van der Waals surface area contributed by atoms with E-state index in [0.717, 1.165) is 41.4 Å². The van der Waals surface area contributed by atoms with Gasteiger partial charge in [-0.1, -0.05) is 0 Å². The molecule has 3 aromatic heterocycles. The molecule has 34 heavy (non-hydrogen) atoms. The third-order valence-corrected chi connectivity index (χ3v) is 7.80. The van der Waals surface area contributed by atoms with E-state index < -0.39 is 0 Å². The number of aromatic amines is 1. The van der Waals surface area contributed by atoms with Gasteiger partial charge in [-0.15, -0.1) is 0 Å². The third kappa shape index (κ3) is 2.68. The molecule has 0 radical (unpaired) electrons. The highest BCUT2D eigenvalue weighted by Crippen LogP contribution is 2.50. The van der Waals surface area contributed by atoms with Crippen LogP contribution in [0.4, 0.5) is 15.9 Å². The molecule has 1 aliphatic carbocycles. The lowest BCUT2D eigenvalue weighted by Crippen LogP contribution is -2.38. The Labute approximate surface area is 195 Å².